The van der Waals surface area contributed by atoms with Crippen LogP contribution in [-0.2, 0) is 28.6 Å². The van der Waals surface area contributed by atoms with Crippen molar-refractivity contribution in [1.29, 1.82) is 0 Å². The number of aryl methyl sites for hydroxylation is 6. The summed E-state index contributed by atoms with van der Waals surface area (Å²) in [5, 5.41) is 31.3. The summed E-state index contributed by atoms with van der Waals surface area (Å²) in [6, 6.07) is 21.5. The molecule has 13 rings (SSSR count). The van der Waals surface area contributed by atoms with E-state index in [9.17, 15) is 14.4 Å². The Kier molecular flexibility index (Phi) is 21.3. The second-order valence-electron chi connectivity index (χ2n) is 25.0. The Balaban J connectivity index is 0.000000145. The topological polar surface area (TPSA) is 208 Å². The number of aromatic nitrogens is 9. The van der Waals surface area contributed by atoms with Gasteiger partial charge in [-0.3, -0.25) is 43.1 Å². The summed E-state index contributed by atoms with van der Waals surface area (Å²) in [5.41, 5.74) is 12.0. The smallest absolute Gasteiger partial charge is 0.308 e. The van der Waals surface area contributed by atoms with E-state index in [1.54, 1.807) is 34.0 Å². The predicted octanol–water partition coefficient (Wildman–Crippen LogP) is 16.8. The van der Waals surface area contributed by atoms with Gasteiger partial charge in [0.15, 0.2) is 17.5 Å². The van der Waals surface area contributed by atoms with Gasteiger partial charge in [0.2, 0.25) is 0 Å². The molecule has 9 aromatic rings. The fourth-order valence-corrected chi connectivity index (χ4v) is 16.1. The molecule has 6 aromatic heterocycles. The van der Waals surface area contributed by atoms with E-state index in [0.717, 1.165) is 126 Å². The maximum atomic E-state index is 13.0. The van der Waals surface area contributed by atoms with E-state index in [-0.39, 0.29) is 49.2 Å². The summed E-state index contributed by atoms with van der Waals surface area (Å²) in [7, 11) is 0. The van der Waals surface area contributed by atoms with Crippen LogP contribution in [0.25, 0.3) is 15.0 Å². The monoisotopic (exact) mass is 1390 g/mol. The molecule has 3 atom stereocenters. The van der Waals surface area contributed by atoms with Crippen LogP contribution in [0, 0.1) is 74.1 Å². The number of fused-ring (bicyclic) bond motifs is 9. The molecule has 18 nitrogen and oxygen atoms in total. The summed E-state index contributed by atoms with van der Waals surface area (Å²) in [4.78, 5) is 57.0. The lowest BCUT2D eigenvalue weighted by Crippen LogP contribution is -2.24. The number of rotatable bonds is 14. The molecule has 24 heteroatoms. The largest absolute Gasteiger partial charge is 0.466 e. The van der Waals surface area contributed by atoms with Crippen molar-refractivity contribution in [1.82, 2.24) is 44.3 Å². The van der Waals surface area contributed by atoms with E-state index in [4.69, 9.17) is 64.0 Å². The molecular formula is C71H77Cl3N12O6S3. The molecule has 4 aliphatic rings. The van der Waals surface area contributed by atoms with Crippen LogP contribution in [0.3, 0.4) is 0 Å². The summed E-state index contributed by atoms with van der Waals surface area (Å²) < 4.78 is 22.8. The van der Waals surface area contributed by atoms with Gasteiger partial charge >= 0.3 is 17.9 Å². The quantitative estimate of drug-likeness (QED) is 0.0736. The second kappa shape index (κ2) is 29.4. The number of nitrogens with zero attached hydrogens (tertiary/aromatic N) is 12. The average Bonchev–Trinajstić information content (AvgIpc) is 1.61. The number of halogens is 3. The first-order valence-electron chi connectivity index (χ1n) is 32.1. The van der Waals surface area contributed by atoms with E-state index in [2.05, 4.69) is 83.6 Å². The number of carbonyl (C=O) groups is 3. The first-order chi connectivity index (χ1) is 45.5. The lowest BCUT2D eigenvalue weighted by molar-refractivity contribution is -0.151. The zero-order valence-corrected chi connectivity index (χ0v) is 60.4. The van der Waals surface area contributed by atoms with Crippen molar-refractivity contribution in [2.75, 3.05) is 13.2 Å². The lowest BCUT2D eigenvalue weighted by Gasteiger charge is -2.26. The van der Waals surface area contributed by atoms with Crippen molar-refractivity contribution in [2.24, 2.45) is 26.8 Å². The minimum atomic E-state index is -0.495. The lowest BCUT2D eigenvalue weighted by atomic mass is 9.89. The number of aliphatic imine (C=N–C) groups is 3. The first kappa shape index (κ1) is 68.8. The number of thiophene rings is 3. The van der Waals surface area contributed by atoms with Crippen molar-refractivity contribution in [3.8, 4) is 15.0 Å². The van der Waals surface area contributed by atoms with Crippen LogP contribution in [0.5, 0.6) is 0 Å². The van der Waals surface area contributed by atoms with E-state index in [0.29, 0.717) is 51.7 Å². The molecule has 3 aromatic carbocycles. The molecule has 0 bridgehead atoms. The third-order valence-corrected chi connectivity index (χ3v) is 21.8. The molecule has 0 N–H and O–H groups in total. The van der Waals surface area contributed by atoms with Crippen LogP contribution in [0.1, 0.15) is 197 Å². The predicted molar refractivity (Wildman–Crippen MR) is 378 cm³/mol. The number of carbonyl (C=O) groups excluding carboxylic acids is 3. The SMILES string of the molecule is CCCOC(=O)C[C@H]1N=C(c2ccc(Cl)cc2)c2c(sc(C)c2C)-n2c(C)nnc21.Cc1sc2c(c1C)C(c1ccc(Cl)cc1)=N[C@H](CC(=O)OC1CCC(C)CC1)c1nnc(C)n1-2.Cc1sc2c(c1C)C(c1ccc(Cl)cc1)=N[C@H](CC(=O)OCC(C)C)c1nnc(C)n1-2. The van der Waals surface area contributed by atoms with E-state index < -0.39 is 18.1 Å². The Labute approximate surface area is 580 Å². The fraction of sp³-hybridized carbons (Fsp3) is 0.408. The number of esters is 3. The molecule has 1 aliphatic carbocycles. The van der Waals surface area contributed by atoms with Gasteiger partial charge < -0.3 is 14.2 Å². The number of ether oxygens (including phenoxy) is 3. The zero-order chi connectivity index (χ0) is 67.7. The molecular weight excluding hydrogens is 1320 g/mol. The van der Waals surface area contributed by atoms with Gasteiger partial charge in [0.25, 0.3) is 0 Å². The van der Waals surface area contributed by atoms with Gasteiger partial charge in [0, 0.05) is 63.1 Å². The van der Waals surface area contributed by atoms with Crippen molar-refractivity contribution < 1.29 is 28.6 Å². The van der Waals surface area contributed by atoms with Gasteiger partial charge in [0.05, 0.1) is 49.6 Å². The molecule has 0 saturated heterocycles. The standard InChI is InChI=1S/C26H29ClN4O2S.C23H25ClN4O2S.C22H23ClN4O2S/c1-14-5-11-20(12-6-14)33-22(32)13-21-25-30-29-17(4)31(25)26-23(15(2)16(3)34-26)24(28-21)18-7-9-19(27)10-8-18;1-12(2)11-30-19(29)10-18-22-27-26-15(5)28(22)23-20(13(3)14(4)31-23)21(25-18)16-6-8-17(24)9-7-16;1-5-10-29-18(28)11-17-21-26-25-14(4)27(21)22-19(12(2)13(3)30-22)20(24-17)15-6-8-16(23)9-7-15/h7-10,14,20-21H,5-6,11-13H2,1-4H3;6-9,12,18H,10-11H2,1-5H3;6-9,17H,5,10-11H2,1-4H3/t14?,20?,21-;18-;17-/m111/s1. The minimum absolute atomic E-state index is 0.000290. The van der Waals surface area contributed by atoms with Crippen LogP contribution in [0.2, 0.25) is 15.1 Å². The van der Waals surface area contributed by atoms with Crippen LogP contribution in [0.15, 0.2) is 87.8 Å². The highest BCUT2D eigenvalue weighted by atomic mass is 35.5. The van der Waals surface area contributed by atoms with E-state index in [1.807, 2.05) is 123 Å². The normalized spacial score (nSPS) is 17.7. The molecule has 0 unspecified atom stereocenters. The number of hydrogen-bond donors (Lipinski definition) is 0. The van der Waals surface area contributed by atoms with Gasteiger partial charge in [0.1, 0.15) is 56.7 Å². The van der Waals surface area contributed by atoms with Crippen LogP contribution in [-0.4, -0.2) is 98.7 Å². The van der Waals surface area contributed by atoms with Gasteiger partial charge in [-0.05, 0) is 159 Å². The molecule has 1 saturated carbocycles. The third-order valence-electron chi connectivity index (χ3n) is 17.5. The van der Waals surface area contributed by atoms with E-state index in [1.165, 1.54) is 20.2 Å². The Morgan fingerprint density at radius 1 is 0.484 bits per heavy atom. The van der Waals surface area contributed by atoms with Crippen LogP contribution < -0.4 is 0 Å². The summed E-state index contributed by atoms with van der Waals surface area (Å²) >= 11 is 23.5. The zero-order valence-electron chi connectivity index (χ0n) is 55.6. The third kappa shape index (κ3) is 14.8. The first-order valence-corrected chi connectivity index (χ1v) is 35.7. The van der Waals surface area contributed by atoms with Crippen molar-refractivity contribution in [3.05, 3.63) is 188 Å². The van der Waals surface area contributed by atoms with Crippen molar-refractivity contribution in [2.45, 2.75) is 166 Å². The molecule has 9 heterocycles. The summed E-state index contributed by atoms with van der Waals surface area (Å²) in [6.45, 7) is 27.5. The van der Waals surface area contributed by atoms with Gasteiger partial charge in [-0.15, -0.1) is 64.6 Å². The maximum Gasteiger partial charge on any atom is 0.308 e. The molecule has 0 spiro atoms. The average molecular weight is 1400 g/mol. The van der Waals surface area contributed by atoms with Gasteiger partial charge in [-0.1, -0.05) is 98.9 Å². The molecule has 496 valence electrons. The number of benzene rings is 3. The van der Waals surface area contributed by atoms with E-state index >= 15 is 0 Å². The van der Waals surface area contributed by atoms with Gasteiger partial charge in [-0.2, -0.15) is 0 Å². The highest BCUT2D eigenvalue weighted by Crippen LogP contribution is 2.44. The summed E-state index contributed by atoms with van der Waals surface area (Å²) in [6.07, 6.45) is 5.20. The maximum absolute atomic E-state index is 13.0. The molecule has 0 radical (unpaired) electrons. The highest BCUT2D eigenvalue weighted by Gasteiger charge is 2.37. The van der Waals surface area contributed by atoms with Gasteiger partial charge in [-0.25, -0.2) is 0 Å². The van der Waals surface area contributed by atoms with Crippen molar-refractivity contribution >= 4 is 104 Å². The molecule has 1 fully saturated rings. The summed E-state index contributed by atoms with van der Waals surface area (Å²) in [5.74, 6) is 4.49. The second-order valence-corrected chi connectivity index (χ2v) is 29.9. The van der Waals surface area contributed by atoms with Crippen LogP contribution in [0.4, 0.5) is 0 Å². The fourth-order valence-electron chi connectivity index (χ4n) is 12.0. The number of hydrogen-bond acceptors (Lipinski definition) is 18. The molecule has 0 amide bonds. The highest BCUT2D eigenvalue weighted by molar-refractivity contribution is 7.15. The molecule has 95 heavy (non-hydrogen) atoms. The minimum Gasteiger partial charge on any atom is -0.466 e. The molecule has 3 aliphatic heterocycles. The Bertz CT molecular complexity index is 4430. The Hall–Kier alpha value is -7.53. The van der Waals surface area contributed by atoms with Crippen LogP contribution >= 0.6 is 68.8 Å². The Morgan fingerprint density at radius 3 is 1.14 bits per heavy atom. The van der Waals surface area contributed by atoms with Crippen molar-refractivity contribution in [3.63, 3.8) is 0 Å². The Morgan fingerprint density at radius 2 is 0.811 bits per heavy atom.